The zero-order chi connectivity index (χ0) is 17.0. The number of rotatable bonds is 6. The fourth-order valence-corrected chi connectivity index (χ4v) is 4.02. The third-order valence-corrected chi connectivity index (χ3v) is 5.32. The average molecular weight is 369 g/mol. The van der Waals surface area contributed by atoms with Crippen LogP contribution in [0.2, 0.25) is 0 Å². The van der Waals surface area contributed by atoms with Gasteiger partial charge < -0.3 is 16.0 Å². The second kappa shape index (κ2) is 8.49. The topological polar surface area (TPSA) is 96.3 Å². The molecule has 1 aromatic rings. The summed E-state index contributed by atoms with van der Waals surface area (Å²) in [6.07, 6.45) is 4.39. The molecule has 2 fully saturated rings. The van der Waals surface area contributed by atoms with Gasteiger partial charge in [-0.25, -0.2) is 0 Å². The molecule has 3 N–H and O–H groups in total. The summed E-state index contributed by atoms with van der Waals surface area (Å²) >= 11 is 0. The van der Waals surface area contributed by atoms with E-state index >= 15 is 0 Å². The largest absolute Gasteiger partial charge is 0.378 e. The lowest BCUT2D eigenvalue weighted by Crippen LogP contribution is -2.48. The van der Waals surface area contributed by atoms with E-state index in [-0.39, 0.29) is 29.4 Å². The Morgan fingerprint density at radius 1 is 1.32 bits per heavy atom. The molecule has 2 aliphatic rings. The summed E-state index contributed by atoms with van der Waals surface area (Å²) in [6.45, 7) is 2.62. The number of carbonyl (C=O) groups is 1. The maximum Gasteiger partial charge on any atom is 0.292 e. The van der Waals surface area contributed by atoms with Crippen molar-refractivity contribution in [2.45, 2.75) is 25.7 Å². The number of hydrogen-bond donors (Lipinski definition) is 3. The zero-order valence-electron chi connectivity index (χ0n) is 14.1. The van der Waals surface area contributed by atoms with E-state index in [0.717, 1.165) is 32.4 Å². The number of anilines is 1. The van der Waals surface area contributed by atoms with E-state index in [1.807, 2.05) is 0 Å². The highest BCUT2D eigenvalue weighted by Crippen LogP contribution is 2.43. The van der Waals surface area contributed by atoms with Crippen LogP contribution >= 0.6 is 12.4 Å². The van der Waals surface area contributed by atoms with Crippen LogP contribution in [0.5, 0.6) is 0 Å². The van der Waals surface area contributed by atoms with Crippen LogP contribution in [0.4, 0.5) is 11.4 Å². The first-order valence-corrected chi connectivity index (χ1v) is 8.60. The lowest BCUT2D eigenvalue weighted by Gasteiger charge is -2.37. The number of nitrogens with one attached hydrogen (secondary N) is 3. The summed E-state index contributed by atoms with van der Waals surface area (Å²) < 4.78 is 0. The van der Waals surface area contributed by atoms with Gasteiger partial charge in [-0.3, -0.25) is 14.9 Å². The molecule has 1 saturated heterocycles. The van der Waals surface area contributed by atoms with Crippen molar-refractivity contribution < 1.29 is 9.72 Å². The number of nitro groups is 1. The Bertz CT molecular complexity index is 628. The van der Waals surface area contributed by atoms with Gasteiger partial charge in [0.2, 0.25) is 5.91 Å². The quantitative estimate of drug-likeness (QED) is 0.407. The Morgan fingerprint density at radius 2 is 2.12 bits per heavy atom. The second-order valence-electron chi connectivity index (χ2n) is 6.69. The van der Waals surface area contributed by atoms with Crippen LogP contribution in [-0.2, 0) is 4.79 Å². The van der Waals surface area contributed by atoms with E-state index < -0.39 is 4.92 Å². The first-order chi connectivity index (χ1) is 11.6. The molecule has 25 heavy (non-hydrogen) atoms. The molecule has 0 spiro atoms. The monoisotopic (exact) mass is 368 g/mol. The fraction of sp³-hybridized carbons (Fsp3) is 0.588. The second-order valence-corrected chi connectivity index (χ2v) is 6.69. The molecule has 8 heteroatoms. The van der Waals surface area contributed by atoms with Crippen LogP contribution in [0.3, 0.4) is 0 Å². The SMILES string of the molecule is Cl.O=C(NCCNc1ccccc1[N+](=O)[O-])[C@@]12CCCC[C@H]1CNC2. The molecule has 1 aliphatic carbocycles. The summed E-state index contributed by atoms with van der Waals surface area (Å²) in [5.74, 6) is 0.566. The molecule has 1 heterocycles. The molecule has 0 radical (unpaired) electrons. The lowest BCUT2D eigenvalue weighted by molar-refractivity contribution is -0.384. The van der Waals surface area contributed by atoms with Crippen molar-refractivity contribution >= 4 is 29.7 Å². The van der Waals surface area contributed by atoms with Gasteiger partial charge >= 0.3 is 0 Å². The maximum absolute atomic E-state index is 12.7. The molecule has 1 saturated carbocycles. The molecule has 0 aromatic heterocycles. The van der Waals surface area contributed by atoms with E-state index in [1.165, 1.54) is 12.5 Å². The predicted octanol–water partition coefficient (Wildman–Crippen LogP) is 2.32. The first kappa shape index (κ1) is 19.5. The van der Waals surface area contributed by atoms with Crippen molar-refractivity contribution in [3.05, 3.63) is 34.4 Å². The maximum atomic E-state index is 12.7. The van der Waals surface area contributed by atoms with Gasteiger partial charge in [0, 0.05) is 25.7 Å². The number of halogens is 1. The Hall–Kier alpha value is -1.86. The van der Waals surface area contributed by atoms with Crippen molar-refractivity contribution in [2.24, 2.45) is 11.3 Å². The van der Waals surface area contributed by atoms with Crippen molar-refractivity contribution in [3.8, 4) is 0 Å². The minimum Gasteiger partial charge on any atom is -0.378 e. The lowest BCUT2D eigenvalue weighted by atomic mass is 9.67. The van der Waals surface area contributed by atoms with Gasteiger partial charge in [0.1, 0.15) is 5.69 Å². The first-order valence-electron chi connectivity index (χ1n) is 8.60. The van der Waals surface area contributed by atoms with Gasteiger partial charge in [-0.2, -0.15) is 0 Å². The molecule has 7 nitrogen and oxygen atoms in total. The molecule has 1 amide bonds. The minimum atomic E-state index is -0.406. The number of nitrogens with zero attached hydrogens (tertiary/aromatic N) is 1. The van der Waals surface area contributed by atoms with Crippen LogP contribution in [0.25, 0.3) is 0 Å². The van der Waals surface area contributed by atoms with Gasteiger partial charge in [0.15, 0.2) is 0 Å². The minimum absolute atomic E-state index is 0. The summed E-state index contributed by atoms with van der Waals surface area (Å²) in [7, 11) is 0. The molecule has 1 aliphatic heterocycles. The van der Waals surface area contributed by atoms with E-state index in [9.17, 15) is 14.9 Å². The van der Waals surface area contributed by atoms with Crippen molar-refractivity contribution in [1.29, 1.82) is 0 Å². The summed E-state index contributed by atoms with van der Waals surface area (Å²) in [4.78, 5) is 23.3. The Labute approximate surface area is 153 Å². The third-order valence-electron chi connectivity index (χ3n) is 5.32. The summed E-state index contributed by atoms with van der Waals surface area (Å²) in [5.41, 5.74) is 0.277. The van der Waals surface area contributed by atoms with Crippen LogP contribution in [0, 0.1) is 21.4 Å². The Morgan fingerprint density at radius 3 is 2.92 bits per heavy atom. The number of fused-ring (bicyclic) bond motifs is 1. The number of benzene rings is 1. The van der Waals surface area contributed by atoms with Gasteiger partial charge in [-0.1, -0.05) is 25.0 Å². The van der Waals surface area contributed by atoms with Crippen molar-refractivity contribution in [2.75, 3.05) is 31.5 Å². The molecule has 0 bridgehead atoms. The highest BCUT2D eigenvalue weighted by molar-refractivity contribution is 5.85. The summed E-state index contributed by atoms with van der Waals surface area (Å²) in [6, 6.07) is 6.54. The van der Waals surface area contributed by atoms with E-state index in [4.69, 9.17) is 0 Å². The number of nitro benzene ring substituents is 1. The molecule has 138 valence electrons. The smallest absolute Gasteiger partial charge is 0.292 e. The fourth-order valence-electron chi connectivity index (χ4n) is 4.02. The van der Waals surface area contributed by atoms with E-state index in [2.05, 4.69) is 16.0 Å². The van der Waals surface area contributed by atoms with Crippen molar-refractivity contribution in [1.82, 2.24) is 10.6 Å². The van der Waals surface area contributed by atoms with Crippen LogP contribution in [0.15, 0.2) is 24.3 Å². The Kier molecular flexibility index (Phi) is 6.61. The van der Waals surface area contributed by atoms with Gasteiger partial charge in [-0.05, 0) is 31.4 Å². The normalized spacial score (nSPS) is 24.7. The standard InChI is InChI=1S/C17H24N4O3.ClH/c22-16(17-8-4-3-5-13(17)11-18-12-17)20-10-9-19-14-6-1-2-7-15(14)21(23)24;/h1-2,6-7,13,18-19H,3-5,8-12H2,(H,20,22);1H/t13-,17+;/m0./s1. The predicted molar refractivity (Wildman–Crippen MR) is 99.1 cm³/mol. The Balaban J connectivity index is 0.00000225. The van der Waals surface area contributed by atoms with E-state index in [0.29, 0.717) is 24.7 Å². The molecular weight excluding hydrogens is 344 g/mol. The molecule has 1 aromatic carbocycles. The van der Waals surface area contributed by atoms with Gasteiger partial charge in [0.25, 0.3) is 5.69 Å². The zero-order valence-corrected chi connectivity index (χ0v) is 14.9. The molecule has 0 unspecified atom stereocenters. The highest BCUT2D eigenvalue weighted by atomic mass is 35.5. The van der Waals surface area contributed by atoms with E-state index in [1.54, 1.807) is 18.2 Å². The molecular formula is C17H25ClN4O3. The highest BCUT2D eigenvalue weighted by Gasteiger charge is 2.49. The third kappa shape index (κ3) is 4.04. The average Bonchev–Trinajstić information content (AvgIpc) is 3.04. The van der Waals surface area contributed by atoms with Crippen LogP contribution < -0.4 is 16.0 Å². The van der Waals surface area contributed by atoms with Crippen LogP contribution in [-0.4, -0.2) is 37.0 Å². The van der Waals surface area contributed by atoms with Crippen molar-refractivity contribution in [3.63, 3.8) is 0 Å². The van der Waals surface area contributed by atoms with Crippen LogP contribution in [0.1, 0.15) is 25.7 Å². The summed E-state index contributed by atoms with van der Waals surface area (Å²) in [5, 5.41) is 20.4. The number of hydrogen-bond acceptors (Lipinski definition) is 5. The van der Waals surface area contributed by atoms with Gasteiger partial charge in [-0.15, -0.1) is 12.4 Å². The molecule has 2 atom stereocenters. The molecule has 3 rings (SSSR count). The number of para-hydroxylation sites is 2. The number of amides is 1. The van der Waals surface area contributed by atoms with Gasteiger partial charge in [0.05, 0.1) is 10.3 Å². The number of carbonyl (C=O) groups excluding carboxylic acids is 1.